The molecule has 0 radical (unpaired) electrons. The summed E-state index contributed by atoms with van der Waals surface area (Å²) in [5.74, 6) is 1.11. The van der Waals surface area contributed by atoms with Crippen LogP contribution in [0.4, 0.5) is 0 Å². The molecular formula is C33H22N4. The molecule has 0 N–H and O–H groups in total. The molecule has 4 nitrogen and oxygen atoms in total. The van der Waals surface area contributed by atoms with Crippen molar-refractivity contribution in [1.82, 2.24) is 19.5 Å². The minimum absolute atomic E-state index is 0.00315. The summed E-state index contributed by atoms with van der Waals surface area (Å²) in [5.41, 5.74) is 2.41. The van der Waals surface area contributed by atoms with Crippen LogP contribution >= 0.6 is 0 Å². The topological polar surface area (TPSA) is 43.6 Å². The molecule has 0 saturated carbocycles. The average Bonchev–Trinajstić information content (AvgIpc) is 3.45. The predicted molar refractivity (Wildman–Crippen MR) is 150 cm³/mol. The molecule has 0 unspecified atom stereocenters. The summed E-state index contributed by atoms with van der Waals surface area (Å²) in [4.78, 5) is 14.4. The molecular weight excluding hydrogens is 452 g/mol. The second-order valence-electron chi connectivity index (χ2n) is 8.34. The fraction of sp³-hybridized carbons (Fsp3) is 0. The van der Waals surface area contributed by atoms with Crippen LogP contribution in [0.15, 0.2) is 133 Å². The van der Waals surface area contributed by atoms with Gasteiger partial charge in [0.25, 0.3) is 0 Å². The Balaban J connectivity index is 1.63. The molecule has 0 atom stereocenters. The lowest BCUT2D eigenvalue weighted by Gasteiger charge is -2.14. The van der Waals surface area contributed by atoms with Gasteiger partial charge in [-0.25, -0.2) is 15.0 Å². The molecule has 0 spiro atoms. The van der Waals surface area contributed by atoms with Crippen molar-refractivity contribution < 1.29 is 11.0 Å². The Morgan fingerprint density at radius 1 is 0.486 bits per heavy atom. The minimum Gasteiger partial charge on any atom is -0.309 e. The molecule has 2 heterocycles. The molecule has 174 valence electrons. The van der Waals surface area contributed by atoms with Crippen LogP contribution in [-0.4, -0.2) is 19.5 Å². The van der Waals surface area contributed by atoms with Crippen LogP contribution in [0.1, 0.15) is 11.0 Å². The zero-order valence-corrected chi connectivity index (χ0v) is 19.4. The van der Waals surface area contributed by atoms with Gasteiger partial charge in [0, 0.05) is 27.5 Å². The summed E-state index contributed by atoms with van der Waals surface area (Å²) in [7, 11) is 0. The maximum Gasteiger partial charge on any atom is 0.166 e. The zero-order chi connectivity index (χ0) is 31.6. The van der Waals surface area contributed by atoms with E-state index in [4.69, 9.17) is 25.9 Å². The van der Waals surface area contributed by atoms with Gasteiger partial charge in [-0.2, -0.15) is 0 Å². The number of aromatic nitrogens is 4. The largest absolute Gasteiger partial charge is 0.309 e. The SMILES string of the molecule is [2H]c1c([2H])c([2H])c2c(c1[2H])c1c([2H])c([2H])c([2H])c([2H])c1n2-c1ccccc1-c1nc(-c2ccccc2)nc(-c2ccccc2)n1. The van der Waals surface area contributed by atoms with Gasteiger partial charge < -0.3 is 4.57 Å². The maximum atomic E-state index is 8.90. The third-order valence-corrected chi connectivity index (χ3v) is 6.12. The number of para-hydroxylation sites is 3. The quantitative estimate of drug-likeness (QED) is 0.255. The maximum absolute atomic E-state index is 8.90. The summed E-state index contributed by atoms with van der Waals surface area (Å²) in [6.07, 6.45) is 0. The van der Waals surface area contributed by atoms with E-state index in [1.54, 1.807) is 24.3 Å². The van der Waals surface area contributed by atoms with Crippen molar-refractivity contribution >= 4 is 21.8 Å². The molecule has 0 amide bonds. The van der Waals surface area contributed by atoms with Crippen LogP contribution in [0.25, 0.3) is 61.7 Å². The lowest BCUT2D eigenvalue weighted by Crippen LogP contribution is -2.03. The number of nitrogens with zero attached hydrogens (tertiary/aromatic N) is 4. The lowest BCUT2D eigenvalue weighted by atomic mass is 10.1. The van der Waals surface area contributed by atoms with Crippen LogP contribution in [0.3, 0.4) is 0 Å². The smallest absolute Gasteiger partial charge is 0.166 e. The molecule has 5 aromatic carbocycles. The fourth-order valence-electron chi connectivity index (χ4n) is 4.45. The Morgan fingerprint density at radius 2 is 0.946 bits per heavy atom. The number of fused-ring (bicyclic) bond motifs is 3. The highest BCUT2D eigenvalue weighted by atomic mass is 15.0. The van der Waals surface area contributed by atoms with Crippen LogP contribution in [0.5, 0.6) is 0 Å². The number of hydrogen-bond acceptors (Lipinski definition) is 3. The molecule has 4 heteroatoms. The van der Waals surface area contributed by atoms with Crippen LogP contribution in [0.2, 0.25) is 0 Å². The van der Waals surface area contributed by atoms with Gasteiger partial charge in [0.15, 0.2) is 17.5 Å². The third kappa shape index (κ3) is 3.67. The van der Waals surface area contributed by atoms with E-state index in [0.717, 1.165) is 11.1 Å². The summed E-state index contributed by atoms with van der Waals surface area (Å²) >= 11 is 0. The van der Waals surface area contributed by atoms with E-state index >= 15 is 0 Å². The third-order valence-electron chi connectivity index (χ3n) is 6.12. The van der Waals surface area contributed by atoms with Gasteiger partial charge in [-0.05, 0) is 24.2 Å². The lowest BCUT2D eigenvalue weighted by molar-refractivity contribution is 1.06. The molecule has 0 bridgehead atoms. The van der Waals surface area contributed by atoms with Gasteiger partial charge in [0.05, 0.1) is 27.7 Å². The number of benzene rings is 5. The van der Waals surface area contributed by atoms with E-state index in [0.29, 0.717) is 22.9 Å². The van der Waals surface area contributed by atoms with Crippen molar-refractivity contribution in [3.05, 3.63) is 133 Å². The van der Waals surface area contributed by atoms with Gasteiger partial charge in [-0.15, -0.1) is 0 Å². The molecule has 7 aromatic rings. The van der Waals surface area contributed by atoms with Crippen molar-refractivity contribution in [3.63, 3.8) is 0 Å². The average molecular weight is 483 g/mol. The monoisotopic (exact) mass is 482 g/mol. The summed E-state index contributed by atoms with van der Waals surface area (Å²) in [6.45, 7) is 0. The molecule has 7 rings (SSSR count). The van der Waals surface area contributed by atoms with Gasteiger partial charge in [0.2, 0.25) is 0 Å². The van der Waals surface area contributed by atoms with E-state index in [-0.39, 0.29) is 39.7 Å². The van der Waals surface area contributed by atoms with Crippen LogP contribution < -0.4 is 0 Å². The van der Waals surface area contributed by atoms with Gasteiger partial charge in [-0.3, -0.25) is 0 Å². The molecule has 0 aliphatic carbocycles. The second kappa shape index (κ2) is 8.85. The standard InChI is InChI=1S/C33H22N4/c1-3-13-23(14-4-1)31-34-32(24-15-5-2-6-16-24)36-33(35-31)27-19-9-12-22-30(27)37-28-20-10-7-17-25(28)26-18-8-11-21-29(26)37/h1-22H/i7D,8D,10D,11D,17D,18D,20D,21D. The van der Waals surface area contributed by atoms with E-state index in [2.05, 4.69) is 0 Å². The summed E-state index contributed by atoms with van der Waals surface area (Å²) < 4.78 is 70.3. The summed E-state index contributed by atoms with van der Waals surface area (Å²) in [6, 6.07) is 22.4. The predicted octanol–water partition coefficient (Wildman–Crippen LogP) is 7.97. The highest BCUT2D eigenvalue weighted by Gasteiger charge is 2.18. The van der Waals surface area contributed by atoms with E-state index in [9.17, 15) is 0 Å². The Morgan fingerprint density at radius 3 is 1.51 bits per heavy atom. The minimum atomic E-state index is -0.496. The molecule has 0 fully saturated rings. The Hall–Kier alpha value is -5.09. The first-order chi connectivity index (χ1) is 21.7. The number of hydrogen-bond donors (Lipinski definition) is 0. The molecule has 0 aliphatic rings. The van der Waals surface area contributed by atoms with E-state index in [1.807, 2.05) is 60.7 Å². The normalized spacial score (nSPS) is 14.3. The fourth-order valence-corrected chi connectivity index (χ4v) is 4.45. The van der Waals surface area contributed by atoms with Crippen LogP contribution in [-0.2, 0) is 0 Å². The zero-order valence-electron chi connectivity index (χ0n) is 27.4. The van der Waals surface area contributed by atoms with Gasteiger partial charge >= 0.3 is 0 Å². The van der Waals surface area contributed by atoms with Crippen molar-refractivity contribution in [2.24, 2.45) is 0 Å². The highest BCUT2D eigenvalue weighted by molar-refractivity contribution is 6.09. The van der Waals surface area contributed by atoms with Crippen molar-refractivity contribution in [1.29, 1.82) is 0 Å². The molecule has 2 aromatic heterocycles. The van der Waals surface area contributed by atoms with E-state index < -0.39 is 36.3 Å². The second-order valence-corrected chi connectivity index (χ2v) is 8.34. The number of rotatable bonds is 4. The molecule has 37 heavy (non-hydrogen) atoms. The highest BCUT2D eigenvalue weighted by Crippen LogP contribution is 2.35. The van der Waals surface area contributed by atoms with Gasteiger partial charge in [0.1, 0.15) is 0 Å². The van der Waals surface area contributed by atoms with Crippen LogP contribution in [0, 0.1) is 0 Å². The van der Waals surface area contributed by atoms with E-state index in [1.165, 1.54) is 4.57 Å². The van der Waals surface area contributed by atoms with Crippen molar-refractivity contribution in [2.45, 2.75) is 0 Å². The first-order valence-corrected chi connectivity index (χ1v) is 11.7. The van der Waals surface area contributed by atoms with Crippen molar-refractivity contribution in [2.75, 3.05) is 0 Å². The first-order valence-electron chi connectivity index (χ1n) is 15.7. The molecule has 0 aliphatic heterocycles. The Bertz CT molecular complexity index is 2170. The summed E-state index contributed by atoms with van der Waals surface area (Å²) in [5, 5.41) is 0.00629. The first kappa shape index (κ1) is 14.5. The van der Waals surface area contributed by atoms with Gasteiger partial charge in [-0.1, -0.05) is 109 Å². The Labute approximate surface area is 225 Å². The Kier molecular flexibility index (Phi) is 3.46. The molecule has 0 saturated heterocycles. The van der Waals surface area contributed by atoms with Crippen molar-refractivity contribution in [3.8, 4) is 39.9 Å².